The predicted molar refractivity (Wildman–Crippen MR) is 140 cm³/mol. The van der Waals surface area contributed by atoms with Gasteiger partial charge in [-0.05, 0) is 23.8 Å². The van der Waals surface area contributed by atoms with Crippen LogP contribution in [-0.4, -0.2) is 75.5 Å². The van der Waals surface area contributed by atoms with E-state index >= 15 is 0 Å². The number of nitrogens with one attached hydrogen (secondary N) is 1. The fourth-order valence-corrected chi connectivity index (χ4v) is 5.02. The van der Waals surface area contributed by atoms with Gasteiger partial charge in [0, 0.05) is 43.7 Å². The van der Waals surface area contributed by atoms with Crippen LogP contribution in [0.1, 0.15) is 33.5 Å². The Kier molecular flexibility index (Phi) is 7.47. The molecule has 1 aliphatic heterocycles. The number of hydrogen-bond acceptors (Lipinski definition) is 7. The lowest BCUT2D eigenvalue weighted by Crippen LogP contribution is -2.38. The summed E-state index contributed by atoms with van der Waals surface area (Å²) in [4.78, 5) is 17.7. The number of para-hydroxylation sites is 1. The second kappa shape index (κ2) is 11.1. The van der Waals surface area contributed by atoms with Gasteiger partial charge in [-0.15, -0.1) is 10.2 Å². The van der Waals surface area contributed by atoms with E-state index in [0.29, 0.717) is 17.8 Å². The molecule has 3 heterocycles. The zero-order valence-electron chi connectivity index (χ0n) is 21.6. The molecule has 10 nitrogen and oxygen atoms in total. The standard InChI is InChI=1S/C27H33N7O3/c1-19-24(27(35)28-22(26-29-31-32(2)30-26)18-20-8-5-4-6-9-20)21-10-7-11-23(36-3)25(21)34(19)13-12-33-14-16-37-17-15-33/h4-11,22H,12-18H2,1-3H3,(H,28,35). The maximum atomic E-state index is 13.9. The topological polar surface area (TPSA) is 99.3 Å². The average molecular weight is 504 g/mol. The van der Waals surface area contributed by atoms with Crippen LogP contribution >= 0.6 is 0 Å². The number of carbonyl (C=O) groups excluding carboxylic acids is 1. The average Bonchev–Trinajstić information content (AvgIpc) is 3.48. The Morgan fingerprint density at radius 1 is 1.11 bits per heavy atom. The molecule has 5 rings (SSSR count). The number of morpholine rings is 1. The molecule has 2 aromatic heterocycles. The van der Waals surface area contributed by atoms with Crippen molar-refractivity contribution in [3.05, 3.63) is 71.2 Å². The van der Waals surface area contributed by atoms with Crippen molar-refractivity contribution >= 4 is 16.8 Å². The molecule has 1 aliphatic rings. The number of aromatic nitrogens is 5. The van der Waals surface area contributed by atoms with Crippen molar-refractivity contribution < 1.29 is 14.3 Å². The molecule has 0 aliphatic carbocycles. The molecule has 0 saturated carbocycles. The molecule has 10 heteroatoms. The summed E-state index contributed by atoms with van der Waals surface area (Å²) in [6.07, 6.45) is 0.552. The lowest BCUT2D eigenvalue weighted by Gasteiger charge is -2.27. The molecule has 1 unspecified atom stereocenters. The predicted octanol–water partition coefficient (Wildman–Crippen LogP) is 2.53. The third-order valence-corrected chi connectivity index (χ3v) is 6.92. The highest BCUT2D eigenvalue weighted by Gasteiger charge is 2.27. The Bertz CT molecular complexity index is 1360. The third kappa shape index (κ3) is 5.35. The zero-order chi connectivity index (χ0) is 25.8. The number of ether oxygens (including phenoxy) is 2. The van der Waals surface area contributed by atoms with E-state index in [4.69, 9.17) is 9.47 Å². The Balaban J connectivity index is 1.48. The van der Waals surface area contributed by atoms with Gasteiger partial charge in [-0.25, -0.2) is 0 Å². The van der Waals surface area contributed by atoms with Gasteiger partial charge in [0.1, 0.15) is 5.75 Å². The SMILES string of the molecule is COc1cccc2c(C(=O)NC(Cc3ccccc3)c3nnn(C)n3)c(C)n(CCN3CCOCC3)c12. The molecule has 0 spiro atoms. The molecule has 0 bridgehead atoms. The Hall–Kier alpha value is -3.76. The van der Waals surface area contributed by atoms with Gasteiger partial charge >= 0.3 is 0 Å². The molecular weight excluding hydrogens is 470 g/mol. The molecule has 1 atom stereocenters. The number of aryl methyl sites for hydroxylation is 1. The van der Waals surface area contributed by atoms with E-state index in [1.165, 1.54) is 4.80 Å². The molecule has 1 amide bonds. The first-order valence-corrected chi connectivity index (χ1v) is 12.6. The second-order valence-corrected chi connectivity index (χ2v) is 9.28. The molecule has 1 saturated heterocycles. The normalized spacial score (nSPS) is 15.1. The van der Waals surface area contributed by atoms with Crippen LogP contribution in [0, 0.1) is 6.92 Å². The van der Waals surface area contributed by atoms with Crippen molar-refractivity contribution in [3.63, 3.8) is 0 Å². The molecule has 1 fully saturated rings. The summed E-state index contributed by atoms with van der Waals surface area (Å²) in [6.45, 7) is 6.94. The highest BCUT2D eigenvalue weighted by molar-refractivity contribution is 6.09. The number of amides is 1. The van der Waals surface area contributed by atoms with E-state index in [2.05, 4.69) is 30.2 Å². The summed E-state index contributed by atoms with van der Waals surface area (Å²) in [5.74, 6) is 1.05. The Labute approximate surface area is 216 Å². The van der Waals surface area contributed by atoms with Crippen LogP contribution in [0.5, 0.6) is 5.75 Å². The van der Waals surface area contributed by atoms with Crippen LogP contribution in [0.25, 0.3) is 10.9 Å². The number of methoxy groups -OCH3 is 1. The van der Waals surface area contributed by atoms with E-state index in [9.17, 15) is 4.79 Å². The highest BCUT2D eigenvalue weighted by Crippen LogP contribution is 2.33. The monoisotopic (exact) mass is 503 g/mol. The molecule has 2 aromatic carbocycles. The minimum atomic E-state index is -0.430. The van der Waals surface area contributed by atoms with Crippen LogP contribution in [-0.2, 0) is 24.8 Å². The first-order chi connectivity index (χ1) is 18.0. The fourth-order valence-electron chi connectivity index (χ4n) is 5.02. The van der Waals surface area contributed by atoms with Crippen LogP contribution in [0.15, 0.2) is 48.5 Å². The summed E-state index contributed by atoms with van der Waals surface area (Å²) in [5.41, 5.74) is 3.54. The second-order valence-electron chi connectivity index (χ2n) is 9.28. The highest BCUT2D eigenvalue weighted by atomic mass is 16.5. The van der Waals surface area contributed by atoms with Crippen molar-refractivity contribution in [2.75, 3.05) is 40.0 Å². The first-order valence-electron chi connectivity index (χ1n) is 12.6. The van der Waals surface area contributed by atoms with Gasteiger partial charge in [-0.2, -0.15) is 4.80 Å². The number of tetrazole rings is 1. The van der Waals surface area contributed by atoms with Crippen LogP contribution in [0.2, 0.25) is 0 Å². The number of rotatable bonds is 9. The van der Waals surface area contributed by atoms with Gasteiger partial charge in [-0.3, -0.25) is 9.69 Å². The number of benzene rings is 2. The van der Waals surface area contributed by atoms with Gasteiger partial charge in [0.25, 0.3) is 5.91 Å². The van der Waals surface area contributed by atoms with Crippen LogP contribution in [0.4, 0.5) is 0 Å². The summed E-state index contributed by atoms with van der Waals surface area (Å²) >= 11 is 0. The van der Waals surface area contributed by atoms with Crippen molar-refractivity contribution in [1.29, 1.82) is 0 Å². The molecule has 1 N–H and O–H groups in total. The van der Waals surface area contributed by atoms with E-state index in [0.717, 1.165) is 67.3 Å². The largest absolute Gasteiger partial charge is 0.495 e. The Morgan fingerprint density at radius 3 is 2.59 bits per heavy atom. The lowest BCUT2D eigenvalue weighted by atomic mass is 10.0. The van der Waals surface area contributed by atoms with Crippen molar-refractivity contribution in [3.8, 4) is 5.75 Å². The van der Waals surface area contributed by atoms with Crippen molar-refractivity contribution in [2.45, 2.75) is 25.9 Å². The van der Waals surface area contributed by atoms with Gasteiger partial charge in [0.05, 0.1) is 44.5 Å². The molecule has 4 aromatic rings. The van der Waals surface area contributed by atoms with Crippen LogP contribution in [0.3, 0.4) is 0 Å². The van der Waals surface area contributed by atoms with Gasteiger partial charge < -0.3 is 19.4 Å². The smallest absolute Gasteiger partial charge is 0.254 e. The van der Waals surface area contributed by atoms with Crippen molar-refractivity contribution in [1.82, 2.24) is 35.0 Å². The molecule has 194 valence electrons. The molecular formula is C27H33N7O3. The molecule has 37 heavy (non-hydrogen) atoms. The third-order valence-electron chi connectivity index (χ3n) is 6.92. The van der Waals surface area contributed by atoms with E-state index in [-0.39, 0.29) is 5.91 Å². The number of nitrogens with zero attached hydrogens (tertiary/aromatic N) is 6. The fraction of sp³-hybridized carbons (Fsp3) is 0.407. The van der Waals surface area contributed by atoms with E-state index < -0.39 is 6.04 Å². The summed E-state index contributed by atoms with van der Waals surface area (Å²) in [5, 5.41) is 16.7. The number of hydrogen-bond donors (Lipinski definition) is 1. The zero-order valence-corrected chi connectivity index (χ0v) is 21.6. The number of carbonyl (C=O) groups is 1. The minimum Gasteiger partial charge on any atom is -0.495 e. The van der Waals surface area contributed by atoms with Gasteiger partial charge in [-0.1, -0.05) is 42.5 Å². The summed E-state index contributed by atoms with van der Waals surface area (Å²) < 4.78 is 13.4. The molecule has 0 radical (unpaired) electrons. The lowest BCUT2D eigenvalue weighted by molar-refractivity contribution is 0.0365. The van der Waals surface area contributed by atoms with E-state index in [1.54, 1.807) is 14.2 Å². The summed E-state index contributed by atoms with van der Waals surface area (Å²) in [6, 6.07) is 15.4. The van der Waals surface area contributed by atoms with Gasteiger partial charge in [0.15, 0.2) is 5.82 Å². The summed E-state index contributed by atoms with van der Waals surface area (Å²) in [7, 11) is 3.38. The first kappa shape index (κ1) is 24.9. The maximum absolute atomic E-state index is 13.9. The van der Waals surface area contributed by atoms with Crippen LogP contribution < -0.4 is 10.1 Å². The maximum Gasteiger partial charge on any atom is 0.254 e. The Morgan fingerprint density at radius 2 is 1.89 bits per heavy atom. The van der Waals surface area contributed by atoms with E-state index in [1.807, 2.05) is 55.5 Å². The minimum absolute atomic E-state index is 0.172. The number of fused-ring (bicyclic) bond motifs is 1. The van der Waals surface area contributed by atoms with Crippen molar-refractivity contribution in [2.24, 2.45) is 7.05 Å². The van der Waals surface area contributed by atoms with Gasteiger partial charge in [0.2, 0.25) is 0 Å². The quantitative estimate of drug-likeness (QED) is 0.375.